The van der Waals surface area contributed by atoms with Crippen LogP contribution < -0.4 is 0 Å². The lowest BCUT2D eigenvalue weighted by Crippen LogP contribution is -2.24. The predicted molar refractivity (Wildman–Crippen MR) is 61.9 cm³/mol. The fraction of sp³-hybridized carbons (Fsp3) is 0.538. The number of aliphatic hydroxyl groups is 1. The zero-order chi connectivity index (χ0) is 10.7. The Morgan fingerprint density at radius 1 is 1.27 bits per heavy atom. The summed E-state index contributed by atoms with van der Waals surface area (Å²) in [7, 11) is 0. The van der Waals surface area contributed by atoms with Gasteiger partial charge in [-0.15, -0.1) is 0 Å². The second-order valence-corrected chi connectivity index (χ2v) is 4.48. The molecule has 2 nitrogen and oxygen atoms in total. The summed E-state index contributed by atoms with van der Waals surface area (Å²) >= 11 is 0. The fourth-order valence-electron chi connectivity index (χ4n) is 2.53. The van der Waals surface area contributed by atoms with Crippen molar-refractivity contribution in [3.05, 3.63) is 35.9 Å². The van der Waals surface area contributed by atoms with Crippen LogP contribution in [0.5, 0.6) is 0 Å². The van der Waals surface area contributed by atoms with Gasteiger partial charge in [0.05, 0.1) is 6.61 Å². The van der Waals surface area contributed by atoms with Crippen molar-refractivity contribution < 1.29 is 5.11 Å². The number of aliphatic hydroxyl groups excluding tert-OH is 1. The Morgan fingerprint density at radius 2 is 2.00 bits per heavy atom. The maximum absolute atomic E-state index is 8.93. The van der Waals surface area contributed by atoms with E-state index in [0.717, 1.165) is 19.6 Å². The van der Waals surface area contributed by atoms with Gasteiger partial charge in [0.15, 0.2) is 0 Å². The molecule has 2 unspecified atom stereocenters. The molecule has 1 fully saturated rings. The van der Waals surface area contributed by atoms with Crippen molar-refractivity contribution in [2.24, 2.45) is 5.92 Å². The van der Waals surface area contributed by atoms with Crippen molar-refractivity contribution >= 4 is 0 Å². The maximum atomic E-state index is 8.93. The Kier molecular flexibility index (Phi) is 3.39. The predicted octanol–water partition coefficient (Wildman–Crippen LogP) is 1.71. The number of rotatable bonds is 3. The average molecular weight is 205 g/mol. The molecule has 1 N–H and O–H groups in total. The van der Waals surface area contributed by atoms with Crippen molar-refractivity contribution in [1.82, 2.24) is 4.90 Å². The zero-order valence-corrected chi connectivity index (χ0v) is 9.26. The normalized spacial score (nSPS) is 27.1. The molecule has 1 aromatic carbocycles. The van der Waals surface area contributed by atoms with Gasteiger partial charge in [0.25, 0.3) is 0 Å². The van der Waals surface area contributed by atoms with Gasteiger partial charge in [-0.2, -0.15) is 0 Å². The molecule has 82 valence electrons. The minimum absolute atomic E-state index is 0.272. The Labute approximate surface area is 91.5 Å². The van der Waals surface area contributed by atoms with Crippen LogP contribution >= 0.6 is 0 Å². The van der Waals surface area contributed by atoms with Crippen LogP contribution in [0.1, 0.15) is 18.4 Å². The molecule has 2 atom stereocenters. The third kappa shape index (κ3) is 2.39. The number of β-amino-alcohol motifs (C(OH)–C–C–N with tert-alkyl or cyclic N) is 1. The Balaban J connectivity index is 2.05. The van der Waals surface area contributed by atoms with Gasteiger partial charge in [-0.1, -0.05) is 37.3 Å². The molecule has 0 spiro atoms. The van der Waals surface area contributed by atoms with Crippen molar-refractivity contribution in [2.45, 2.75) is 12.8 Å². The lowest BCUT2D eigenvalue weighted by molar-refractivity contribution is 0.217. The molecule has 0 radical (unpaired) electrons. The van der Waals surface area contributed by atoms with Crippen molar-refractivity contribution in [2.75, 3.05) is 26.2 Å². The molecular formula is C13H19NO. The highest BCUT2D eigenvalue weighted by molar-refractivity contribution is 5.22. The van der Waals surface area contributed by atoms with Crippen molar-refractivity contribution in [3.8, 4) is 0 Å². The van der Waals surface area contributed by atoms with Crippen LogP contribution in [0.25, 0.3) is 0 Å². The molecule has 1 aromatic rings. The molecule has 2 rings (SSSR count). The number of hydrogen-bond acceptors (Lipinski definition) is 2. The standard InChI is InChI=1S/C13H19NO/c1-11-9-14(7-8-15)10-13(11)12-5-3-2-4-6-12/h2-6,11,13,15H,7-10H2,1H3. The van der Waals surface area contributed by atoms with Crippen LogP contribution in [0.2, 0.25) is 0 Å². The molecular weight excluding hydrogens is 186 g/mol. The second kappa shape index (κ2) is 4.77. The van der Waals surface area contributed by atoms with Gasteiger partial charge in [0.2, 0.25) is 0 Å². The molecule has 0 aromatic heterocycles. The number of nitrogens with zero attached hydrogens (tertiary/aromatic N) is 1. The monoisotopic (exact) mass is 205 g/mol. The van der Waals surface area contributed by atoms with E-state index in [1.54, 1.807) is 0 Å². The molecule has 1 heterocycles. The van der Waals surface area contributed by atoms with Crippen molar-refractivity contribution in [3.63, 3.8) is 0 Å². The molecule has 0 amide bonds. The van der Waals surface area contributed by atoms with Gasteiger partial charge in [0.1, 0.15) is 0 Å². The molecule has 0 saturated carbocycles. The highest BCUT2D eigenvalue weighted by Crippen LogP contribution is 2.31. The van der Waals surface area contributed by atoms with Crippen LogP contribution in [0.4, 0.5) is 0 Å². The quantitative estimate of drug-likeness (QED) is 0.812. The van der Waals surface area contributed by atoms with Gasteiger partial charge in [0, 0.05) is 25.6 Å². The van der Waals surface area contributed by atoms with E-state index in [0.29, 0.717) is 11.8 Å². The van der Waals surface area contributed by atoms with Gasteiger partial charge >= 0.3 is 0 Å². The first-order chi connectivity index (χ1) is 7.31. The highest BCUT2D eigenvalue weighted by atomic mass is 16.3. The molecule has 1 aliphatic rings. The minimum Gasteiger partial charge on any atom is -0.395 e. The maximum Gasteiger partial charge on any atom is 0.0558 e. The topological polar surface area (TPSA) is 23.5 Å². The average Bonchev–Trinajstić information content (AvgIpc) is 2.61. The van der Waals surface area contributed by atoms with Gasteiger partial charge in [-0.3, -0.25) is 0 Å². The molecule has 1 aliphatic heterocycles. The van der Waals surface area contributed by atoms with E-state index >= 15 is 0 Å². The first-order valence-electron chi connectivity index (χ1n) is 5.69. The summed E-state index contributed by atoms with van der Waals surface area (Å²) in [5, 5.41) is 8.93. The smallest absolute Gasteiger partial charge is 0.0558 e. The van der Waals surface area contributed by atoms with E-state index in [2.05, 4.69) is 42.2 Å². The van der Waals surface area contributed by atoms with E-state index in [-0.39, 0.29) is 6.61 Å². The first-order valence-corrected chi connectivity index (χ1v) is 5.69. The van der Waals surface area contributed by atoms with Gasteiger partial charge in [-0.25, -0.2) is 0 Å². The third-order valence-electron chi connectivity index (χ3n) is 3.33. The minimum atomic E-state index is 0.272. The zero-order valence-electron chi connectivity index (χ0n) is 9.26. The summed E-state index contributed by atoms with van der Waals surface area (Å²) in [5.41, 5.74) is 1.44. The van der Waals surface area contributed by atoms with E-state index in [1.807, 2.05) is 0 Å². The number of hydrogen-bond donors (Lipinski definition) is 1. The van der Waals surface area contributed by atoms with Crippen LogP contribution in [0, 0.1) is 5.92 Å². The van der Waals surface area contributed by atoms with E-state index in [1.165, 1.54) is 5.56 Å². The Morgan fingerprint density at radius 3 is 2.67 bits per heavy atom. The largest absolute Gasteiger partial charge is 0.395 e. The van der Waals surface area contributed by atoms with Crippen molar-refractivity contribution in [1.29, 1.82) is 0 Å². The summed E-state index contributed by atoms with van der Waals surface area (Å²) in [6, 6.07) is 10.7. The molecule has 2 heteroatoms. The Hall–Kier alpha value is -0.860. The van der Waals surface area contributed by atoms with E-state index in [4.69, 9.17) is 5.11 Å². The molecule has 1 saturated heterocycles. The summed E-state index contributed by atoms with van der Waals surface area (Å²) in [6.07, 6.45) is 0. The molecule has 0 bridgehead atoms. The van der Waals surface area contributed by atoms with Crippen LogP contribution in [-0.4, -0.2) is 36.2 Å². The van der Waals surface area contributed by atoms with Gasteiger partial charge < -0.3 is 10.0 Å². The van der Waals surface area contributed by atoms with E-state index < -0.39 is 0 Å². The van der Waals surface area contributed by atoms with Crippen LogP contribution in [0.15, 0.2) is 30.3 Å². The van der Waals surface area contributed by atoms with E-state index in [9.17, 15) is 0 Å². The second-order valence-electron chi connectivity index (χ2n) is 4.48. The summed E-state index contributed by atoms with van der Waals surface area (Å²) < 4.78 is 0. The summed E-state index contributed by atoms with van der Waals surface area (Å²) in [6.45, 7) is 5.59. The summed E-state index contributed by atoms with van der Waals surface area (Å²) in [5.74, 6) is 1.33. The van der Waals surface area contributed by atoms with Crippen LogP contribution in [-0.2, 0) is 0 Å². The third-order valence-corrected chi connectivity index (χ3v) is 3.33. The summed E-state index contributed by atoms with van der Waals surface area (Å²) in [4.78, 5) is 2.35. The fourth-order valence-corrected chi connectivity index (χ4v) is 2.53. The highest BCUT2D eigenvalue weighted by Gasteiger charge is 2.29. The number of benzene rings is 1. The SMILES string of the molecule is CC1CN(CCO)CC1c1ccccc1. The van der Waals surface area contributed by atoms with Crippen LogP contribution in [0.3, 0.4) is 0 Å². The van der Waals surface area contributed by atoms with Gasteiger partial charge in [-0.05, 0) is 11.5 Å². The lowest BCUT2D eigenvalue weighted by atomic mass is 9.90. The first kappa shape index (κ1) is 10.7. The molecule has 0 aliphatic carbocycles. The Bertz CT molecular complexity index is 299. The lowest BCUT2D eigenvalue weighted by Gasteiger charge is -2.15. The molecule has 15 heavy (non-hydrogen) atoms. The number of likely N-dealkylation sites (tertiary alicyclic amines) is 1.